The predicted octanol–water partition coefficient (Wildman–Crippen LogP) is 3.90. The van der Waals surface area contributed by atoms with E-state index in [1.165, 1.54) is 0 Å². The third-order valence-corrected chi connectivity index (χ3v) is 4.86. The zero-order valence-corrected chi connectivity index (χ0v) is 15.6. The summed E-state index contributed by atoms with van der Waals surface area (Å²) in [6.07, 6.45) is 2.46. The van der Waals surface area contributed by atoms with Crippen LogP contribution in [0.5, 0.6) is 0 Å². The van der Waals surface area contributed by atoms with Crippen molar-refractivity contribution >= 4 is 12.0 Å². The highest BCUT2D eigenvalue weighted by Gasteiger charge is 2.34. The summed E-state index contributed by atoms with van der Waals surface area (Å²) in [5.74, 6) is -0.316. The van der Waals surface area contributed by atoms with Crippen molar-refractivity contribution in [1.29, 1.82) is 0 Å². The Kier molecular flexibility index (Phi) is 6.47. The lowest BCUT2D eigenvalue weighted by Crippen LogP contribution is -2.53. The van der Waals surface area contributed by atoms with E-state index in [4.69, 9.17) is 4.74 Å². The first kappa shape index (κ1) is 19.0. The molecule has 1 saturated heterocycles. The van der Waals surface area contributed by atoms with Gasteiger partial charge in [0.25, 0.3) is 0 Å². The Hall–Kier alpha value is -2.82. The molecule has 0 bridgehead atoms. The highest BCUT2D eigenvalue weighted by atomic mass is 16.5. The molecule has 5 nitrogen and oxygen atoms in total. The predicted molar refractivity (Wildman–Crippen MR) is 104 cm³/mol. The van der Waals surface area contributed by atoms with Gasteiger partial charge in [0.1, 0.15) is 6.04 Å². The molecular formula is C22H26N2O3. The zero-order chi connectivity index (χ0) is 19.1. The lowest BCUT2D eigenvalue weighted by Gasteiger charge is -2.35. The Morgan fingerprint density at radius 2 is 1.63 bits per heavy atom. The van der Waals surface area contributed by atoms with E-state index in [1.807, 2.05) is 60.7 Å². The van der Waals surface area contributed by atoms with Gasteiger partial charge in [0, 0.05) is 6.54 Å². The van der Waals surface area contributed by atoms with Crippen molar-refractivity contribution < 1.29 is 14.3 Å². The van der Waals surface area contributed by atoms with E-state index in [0.717, 1.165) is 24.0 Å². The number of nitrogens with zero attached hydrogens (tertiary/aromatic N) is 1. The maximum atomic E-state index is 13.1. The van der Waals surface area contributed by atoms with Crippen LogP contribution in [0.3, 0.4) is 0 Å². The molecule has 1 aliphatic heterocycles. The standard InChI is InChI=1S/C22H26N2O3/c1-2-27-21(25)19-15-9-10-16-24(19)22(26)23-20(17-11-5-3-6-12-17)18-13-7-4-8-14-18/h3-8,11-14,19-20H,2,9-10,15-16H2,1H3,(H,23,26). The fraction of sp³-hybridized carbons (Fsp3) is 0.364. The minimum Gasteiger partial charge on any atom is -0.464 e. The van der Waals surface area contributed by atoms with Crippen LogP contribution in [-0.2, 0) is 9.53 Å². The van der Waals surface area contributed by atoms with Gasteiger partial charge in [-0.15, -0.1) is 0 Å². The van der Waals surface area contributed by atoms with Gasteiger partial charge in [0.2, 0.25) is 0 Å². The molecule has 1 heterocycles. The van der Waals surface area contributed by atoms with Crippen LogP contribution in [0.25, 0.3) is 0 Å². The SMILES string of the molecule is CCOC(=O)C1CCCCN1C(=O)NC(c1ccccc1)c1ccccc1. The van der Waals surface area contributed by atoms with Gasteiger partial charge in [-0.1, -0.05) is 60.7 Å². The Morgan fingerprint density at radius 3 is 2.19 bits per heavy atom. The minimum absolute atomic E-state index is 0.231. The van der Waals surface area contributed by atoms with Gasteiger partial charge in [0.15, 0.2) is 0 Å². The maximum Gasteiger partial charge on any atom is 0.328 e. The number of carbonyl (C=O) groups excluding carboxylic acids is 2. The van der Waals surface area contributed by atoms with E-state index < -0.39 is 6.04 Å². The van der Waals surface area contributed by atoms with Crippen molar-refractivity contribution in [3.63, 3.8) is 0 Å². The molecular weight excluding hydrogens is 340 g/mol. The number of amides is 2. The molecule has 27 heavy (non-hydrogen) atoms. The van der Waals surface area contributed by atoms with Crippen molar-refractivity contribution in [2.45, 2.75) is 38.3 Å². The Labute approximate surface area is 160 Å². The molecule has 1 N–H and O–H groups in total. The fourth-order valence-corrected chi connectivity index (χ4v) is 3.51. The minimum atomic E-state index is -0.508. The number of piperidine rings is 1. The average molecular weight is 366 g/mol. The summed E-state index contributed by atoms with van der Waals surface area (Å²) in [5.41, 5.74) is 2.00. The molecule has 0 radical (unpaired) electrons. The summed E-state index contributed by atoms with van der Waals surface area (Å²) in [4.78, 5) is 27.0. The first-order valence-corrected chi connectivity index (χ1v) is 9.54. The molecule has 5 heteroatoms. The number of hydrogen-bond acceptors (Lipinski definition) is 3. The molecule has 0 aromatic heterocycles. The van der Waals surface area contributed by atoms with Crippen molar-refractivity contribution in [2.24, 2.45) is 0 Å². The third-order valence-electron chi connectivity index (χ3n) is 4.86. The highest BCUT2D eigenvalue weighted by Crippen LogP contribution is 2.24. The summed E-state index contributed by atoms with van der Waals surface area (Å²) in [5, 5.41) is 3.13. The smallest absolute Gasteiger partial charge is 0.328 e. The lowest BCUT2D eigenvalue weighted by atomic mass is 9.98. The van der Waals surface area contributed by atoms with Gasteiger partial charge in [-0.2, -0.15) is 0 Å². The molecule has 2 aromatic rings. The van der Waals surface area contributed by atoms with Crippen LogP contribution in [0.4, 0.5) is 4.79 Å². The van der Waals surface area contributed by atoms with Crippen LogP contribution >= 0.6 is 0 Å². The summed E-state index contributed by atoms with van der Waals surface area (Å²) in [7, 11) is 0. The monoisotopic (exact) mass is 366 g/mol. The average Bonchev–Trinajstić information content (AvgIpc) is 2.73. The van der Waals surface area contributed by atoms with E-state index in [2.05, 4.69) is 5.32 Å². The maximum absolute atomic E-state index is 13.1. The number of rotatable bonds is 5. The van der Waals surface area contributed by atoms with Crippen LogP contribution in [0.15, 0.2) is 60.7 Å². The van der Waals surface area contributed by atoms with E-state index >= 15 is 0 Å². The van der Waals surface area contributed by atoms with E-state index in [-0.39, 0.29) is 18.0 Å². The van der Waals surface area contributed by atoms with E-state index in [1.54, 1.807) is 11.8 Å². The van der Waals surface area contributed by atoms with Crippen LogP contribution in [0.1, 0.15) is 43.4 Å². The molecule has 2 amide bonds. The van der Waals surface area contributed by atoms with Crippen molar-refractivity contribution in [1.82, 2.24) is 10.2 Å². The molecule has 3 rings (SSSR count). The number of esters is 1. The number of likely N-dealkylation sites (tertiary alicyclic amines) is 1. The van der Waals surface area contributed by atoms with Crippen LogP contribution in [0.2, 0.25) is 0 Å². The van der Waals surface area contributed by atoms with Gasteiger partial charge >= 0.3 is 12.0 Å². The van der Waals surface area contributed by atoms with Gasteiger partial charge in [0.05, 0.1) is 12.6 Å². The molecule has 1 atom stereocenters. The van der Waals surface area contributed by atoms with Gasteiger partial charge in [-0.05, 0) is 37.3 Å². The van der Waals surface area contributed by atoms with Gasteiger partial charge < -0.3 is 15.0 Å². The Balaban J connectivity index is 1.82. The molecule has 0 spiro atoms. The van der Waals surface area contributed by atoms with E-state index in [9.17, 15) is 9.59 Å². The summed E-state index contributed by atoms with van der Waals surface area (Å²) in [6.45, 7) is 2.67. The Morgan fingerprint density at radius 1 is 1.04 bits per heavy atom. The zero-order valence-electron chi connectivity index (χ0n) is 15.6. The second kappa shape index (κ2) is 9.21. The number of benzene rings is 2. The fourth-order valence-electron chi connectivity index (χ4n) is 3.51. The summed E-state index contributed by atoms with van der Waals surface area (Å²) in [6, 6.07) is 18.7. The topological polar surface area (TPSA) is 58.6 Å². The molecule has 0 saturated carbocycles. The van der Waals surface area contributed by atoms with Crippen molar-refractivity contribution in [3.8, 4) is 0 Å². The molecule has 2 aromatic carbocycles. The number of nitrogens with one attached hydrogen (secondary N) is 1. The molecule has 0 aliphatic carbocycles. The molecule has 1 fully saturated rings. The Bertz CT molecular complexity index is 709. The number of hydrogen-bond donors (Lipinski definition) is 1. The second-order valence-electron chi connectivity index (χ2n) is 6.66. The summed E-state index contributed by atoms with van der Waals surface area (Å²) >= 11 is 0. The summed E-state index contributed by atoms with van der Waals surface area (Å²) < 4.78 is 5.18. The van der Waals surface area contributed by atoms with Gasteiger partial charge in [-0.3, -0.25) is 0 Å². The molecule has 1 unspecified atom stereocenters. The largest absolute Gasteiger partial charge is 0.464 e. The first-order chi connectivity index (χ1) is 13.2. The molecule has 1 aliphatic rings. The van der Waals surface area contributed by atoms with E-state index in [0.29, 0.717) is 19.6 Å². The first-order valence-electron chi connectivity index (χ1n) is 9.54. The molecule has 142 valence electrons. The number of ether oxygens (including phenoxy) is 1. The van der Waals surface area contributed by atoms with Gasteiger partial charge in [-0.25, -0.2) is 9.59 Å². The lowest BCUT2D eigenvalue weighted by molar-refractivity contribution is -0.149. The van der Waals surface area contributed by atoms with Crippen LogP contribution in [0, 0.1) is 0 Å². The van der Waals surface area contributed by atoms with Crippen molar-refractivity contribution in [3.05, 3.63) is 71.8 Å². The van der Waals surface area contributed by atoms with Crippen LogP contribution in [-0.4, -0.2) is 36.1 Å². The van der Waals surface area contributed by atoms with Crippen LogP contribution < -0.4 is 5.32 Å². The normalized spacial score (nSPS) is 16.8. The quantitative estimate of drug-likeness (QED) is 0.817. The second-order valence-corrected chi connectivity index (χ2v) is 6.66. The number of carbonyl (C=O) groups is 2. The highest BCUT2D eigenvalue weighted by molar-refractivity contribution is 5.84. The third kappa shape index (κ3) is 4.67. The number of urea groups is 1. The van der Waals surface area contributed by atoms with Crippen molar-refractivity contribution in [2.75, 3.05) is 13.2 Å².